The number of carbonyl (C=O) groups is 1. The van der Waals surface area contributed by atoms with Crippen LogP contribution in [0.2, 0.25) is 0 Å². The molecule has 0 aromatic carbocycles. The van der Waals surface area contributed by atoms with Gasteiger partial charge in [-0.2, -0.15) is 0 Å². The van der Waals surface area contributed by atoms with Gasteiger partial charge < -0.3 is 4.74 Å². The van der Waals surface area contributed by atoms with Gasteiger partial charge in [-0.3, -0.25) is 4.79 Å². The van der Waals surface area contributed by atoms with Gasteiger partial charge in [0.15, 0.2) is 0 Å². The van der Waals surface area contributed by atoms with E-state index in [1.807, 2.05) is 0 Å². The van der Waals surface area contributed by atoms with E-state index in [-0.39, 0.29) is 17.0 Å². The van der Waals surface area contributed by atoms with Gasteiger partial charge in [-0.05, 0) is 69.1 Å². The zero-order valence-electron chi connectivity index (χ0n) is 19.3. The summed E-state index contributed by atoms with van der Waals surface area (Å²) in [7, 11) is 0. The fraction of sp³-hybridized carbons (Fsp3) is 0.960. The standard InChI is InChI=1S/C25H46O2/c1-19(2)18-24(6,23(3,4)5)22(26)27-25(7,20-14-10-8-11-15-20)21-16-12-9-13-17-21/h19-21H,8-18H2,1-7H3. The Bertz CT molecular complexity index is 457. The Morgan fingerprint density at radius 2 is 1.22 bits per heavy atom. The van der Waals surface area contributed by atoms with E-state index in [4.69, 9.17) is 4.74 Å². The molecular weight excluding hydrogens is 332 g/mol. The number of carbonyl (C=O) groups excluding carboxylic acids is 1. The van der Waals surface area contributed by atoms with E-state index >= 15 is 0 Å². The molecule has 0 spiro atoms. The van der Waals surface area contributed by atoms with Crippen LogP contribution in [-0.4, -0.2) is 11.6 Å². The third-order valence-corrected chi connectivity index (χ3v) is 8.07. The van der Waals surface area contributed by atoms with Gasteiger partial charge in [-0.15, -0.1) is 0 Å². The van der Waals surface area contributed by atoms with E-state index in [9.17, 15) is 4.79 Å². The van der Waals surface area contributed by atoms with Crippen molar-refractivity contribution in [1.29, 1.82) is 0 Å². The Morgan fingerprint density at radius 3 is 1.56 bits per heavy atom. The highest BCUT2D eigenvalue weighted by atomic mass is 16.6. The average Bonchev–Trinajstić information content (AvgIpc) is 2.61. The molecule has 0 radical (unpaired) electrons. The first-order valence-corrected chi connectivity index (χ1v) is 11.7. The third-order valence-electron chi connectivity index (χ3n) is 8.07. The Balaban J connectivity index is 2.30. The largest absolute Gasteiger partial charge is 0.458 e. The van der Waals surface area contributed by atoms with E-state index in [0.717, 1.165) is 6.42 Å². The minimum atomic E-state index is -0.439. The zero-order chi connectivity index (χ0) is 20.3. The number of hydrogen-bond donors (Lipinski definition) is 0. The quantitative estimate of drug-likeness (QED) is 0.446. The molecule has 0 aromatic rings. The molecule has 2 nitrogen and oxygen atoms in total. The highest BCUT2D eigenvalue weighted by Gasteiger charge is 2.51. The van der Waals surface area contributed by atoms with Crippen LogP contribution in [0.25, 0.3) is 0 Å². The first-order chi connectivity index (χ1) is 12.5. The molecule has 1 unspecified atom stereocenters. The molecule has 1 atom stereocenters. The van der Waals surface area contributed by atoms with Gasteiger partial charge >= 0.3 is 5.97 Å². The maximum Gasteiger partial charge on any atom is 0.312 e. The molecule has 0 heterocycles. The summed E-state index contributed by atoms with van der Waals surface area (Å²) in [6, 6.07) is 0. The SMILES string of the molecule is CC(C)CC(C)(C(=O)OC(C)(C1CCCCC1)C1CCCCC1)C(C)(C)C. The van der Waals surface area contributed by atoms with Crippen molar-refractivity contribution in [3.8, 4) is 0 Å². The molecule has 27 heavy (non-hydrogen) atoms. The maximum absolute atomic E-state index is 13.7. The molecule has 2 aliphatic rings. The van der Waals surface area contributed by atoms with Gasteiger partial charge in [0.05, 0.1) is 5.41 Å². The van der Waals surface area contributed by atoms with E-state index in [1.54, 1.807) is 0 Å². The Kier molecular flexibility index (Phi) is 7.47. The lowest BCUT2D eigenvalue weighted by atomic mass is 9.63. The lowest BCUT2D eigenvalue weighted by Crippen LogP contribution is -2.52. The maximum atomic E-state index is 13.7. The second-order valence-electron chi connectivity index (χ2n) is 11.4. The molecule has 2 aliphatic carbocycles. The highest BCUT2D eigenvalue weighted by Crippen LogP contribution is 2.49. The van der Waals surface area contributed by atoms with Gasteiger partial charge in [0.2, 0.25) is 0 Å². The molecule has 158 valence electrons. The second kappa shape index (κ2) is 8.87. The highest BCUT2D eigenvalue weighted by molar-refractivity contribution is 5.78. The Hall–Kier alpha value is -0.530. The second-order valence-corrected chi connectivity index (χ2v) is 11.4. The molecule has 2 saturated carbocycles. The molecule has 0 aromatic heterocycles. The zero-order valence-corrected chi connectivity index (χ0v) is 19.3. The van der Waals surface area contributed by atoms with Gasteiger partial charge in [0, 0.05) is 0 Å². The van der Waals surface area contributed by atoms with E-state index in [2.05, 4.69) is 48.5 Å². The first-order valence-electron chi connectivity index (χ1n) is 11.7. The van der Waals surface area contributed by atoms with Crippen molar-refractivity contribution in [3.63, 3.8) is 0 Å². The van der Waals surface area contributed by atoms with Crippen molar-refractivity contribution in [2.24, 2.45) is 28.6 Å². The monoisotopic (exact) mass is 378 g/mol. The topological polar surface area (TPSA) is 26.3 Å². The van der Waals surface area contributed by atoms with E-state index in [0.29, 0.717) is 17.8 Å². The van der Waals surface area contributed by atoms with Crippen molar-refractivity contribution in [2.45, 2.75) is 125 Å². The van der Waals surface area contributed by atoms with Crippen molar-refractivity contribution in [2.75, 3.05) is 0 Å². The fourth-order valence-corrected chi connectivity index (χ4v) is 5.68. The van der Waals surface area contributed by atoms with Gasteiger partial charge in [-0.25, -0.2) is 0 Å². The van der Waals surface area contributed by atoms with Crippen LogP contribution in [0.4, 0.5) is 0 Å². The smallest absolute Gasteiger partial charge is 0.312 e. The van der Waals surface area contributed by atoms with Crippen molar-refractivity contribution in [1.82, 2.24) is 0 Å². The lowest BCUT2D eigenvalue weighted by Gasteiger charge is -2.49. The minimum Gasteiger partial charge on any atom is -0.458 e. The molecule has 0 N–H and O–H groups in total. The number of ether oxygens (including phenoxy) is 1. The van der Waals surface area contributed by atoms with Crippen LogP contribution in [0, 0.1) is 28.6 Å². The van der Waals surface area contributed by atoms with E-state index < -0.39 is 5.41 Å². The summed E-state index contributed by atoms with van der Waals surface area (Å²) in [5, 5.41) is 0. The summed E-state index contributed by atoms with van der Waals surface area (Å²) >= 11 is 0. The average molecular weight is 379 g/mol. The number of hydrogen-bond acceptors (Lipinski definition) is 2. The van der Waals surface area contributed by atoms with Crippen LogP contribution in [0.5, 0.6) is 0 Å². The Morgan fingerprint density at radius 1 is 0.815 bits per heavy atom. The fourth-order valence-electron chi connectivity index (χ4n) is 5.68. The van der Waals surface area contributed by atoms with Crippen LogP contribution < -0.4 is 0 Å². The summed E-state index contributed by atoms with van der Waals surface area (Å²) in [5.74, 6) is 1.63. The van der Waals surface area contributed by atoms with Gasteiger partial charge in [0.25, 0.3) is 0 Å². The molecule has 2 fully saturated rings. The van der Waals surface area contributed by atoms with E-state index in [1.165, 1.54) is 64.2 Å². The predicted octanol–water partition coefficient (Wildman–Crippen LogP) is 7.55. The number of esters is 1. The van der Waals surface area contributed by atoms with Crippen LogP contribution in [0.3, 0.4) is 0 Å². The van der Waals surface area contributed by atoms with Gasteiger partial charge in [-0.1, -0.05) is 73.1 Å². The van der Waals surface area contributed by atoms with Crippen molar-refractivity contribution < 1.29 is 9.53 Å². The molecule has 0 amide bonds. The van der Waals surface area contributed by atoms with Crippen molar-refractivity contribution in [3.05, 3.63) is 0 Å². The van der Waals surface area contributed by atoms with Crippen LogP contribution in [-0.2, 0) is 9.53 Å². The summed E-state index contributed by atoms with van der Waals surface area (Å²) in [5.41, 5.74) is -0.818. The normalized spacial score (nSPS) is 23.3. The summed E-state index contributed by atoms with van der Waals surface area (Å²) in [4.78, 5) is 13.7. The summed E-state index contributed by atoms with van der Waals surface area (Å²) < 4.78 is 6.67. The van der Waals surface area contributed by atoms with Crippen LogP contribution in [0.15, 0.2) is 0 Å². The molecule has 0 aliphatic heterocycles. The molecule has 0 saturated heterocycles. The van der Waals surface area contributed by atoms with Crippen molar-refractivity contribution >= 4 is 5.97 Å². The molecular formula is C25H46O2. The summed E-state index contributed by atoms with van der Waals surface area (Å²) in [6.45, 7) is 15.5. The molecule has 2 rings (SSSR count). The lowest BCUT2D eigenvalue weighted by molar-refractivity contribution is -0.195. The number of rotatable bonds is 6. The van der Waals surface area contributed by atoms with Crippen LogP contribution >= 0.6 is 0 Å². The molecule has 2 heteroatoms. The molecule has 0 bridgehead atoms. The summed E-state index contributed by atoms with van der Waals surface area (Å²) in [6.07, 6.45) is 13.7. The third kappa shape index (κ3) is 5.10. The van der Waals surface area contributed by atoms with Crippen LogP contribution in [0.1, 0.15) is 119 Å². The Labute approximate surface area is 169 Å². The first kappa shape index (κ1) is 22.8. The van der Waals surface area contributed by atoms with Gasteiger partial charge in [0.1, 0.15) is 5.60 Å². The predicted molar refractivity (Wildman–Crippen MR) is 115 cm³/mol. The minimum absolute atomic E-state index is 0.0577.